The Labute approximate surface area is 95.0 Å². The van der Waals surface area contributed by atoms with Gasteiger partial charge in [0.2, 0.25) is 0 Å². The van der Waals surface area contributed by atoms with Gasteiger partial charge >= 0.3 is 0 Å². The molecular formula is C12H14N2S. The second-order valence-corrected chi connectivity index (χ2v) is 4.20. The van der Waals surface area contributed by atoms with Crippen LogP contribution in [0.15, 0.2) is 35.7 Å². The van der Waals surface area contributed by atoms with Gasteiger partial charge in [0.15, 0.2) is 0 Å². The highest BCUT2D eigenvalue weighted by atomic mass is 32.2. The molecular weight excluding hydrogens is 204 g/mol. The number of thioether (sulfide) groups is 1. The topological polar surface area (TPSA) is 35.8 Å². The van der Waals surface area contributed by atoms with E-state index in [-0.39, 0.29) is 0 Å². The first-order valence-electron chi connectivity index (χ1n) is 4.84. The summed E-state index contributed by atoms with van der Waals surface area (Å²) >= 11 is 1.69. The Balaban J connectivity index is 3.00. The van der Waals surface area contributed by atoms with E-state index in [2.05, 4.69) is 24.9 Å². The first kappa shape index (κ1) is 11.7. The van der Waals surface area contributed by atoms with Crippen LogP contribution in [0, 0.1) is 11.3 Å². The quantitative estimate of drug-likeness (QED) is 0.608. The smallest absolute Gasteiger partial charge is 0.102 e. The van der Waals surface area contributed by atoms with Crippen LogP contribution in [0.1, 0.15) is 12.5 Å². The van der Waals surface area contributed by atoms with Gasteiger partial charge in [0.25, 0.3) is 0 Å². The van der Waals surface area contributed by atoms with Gasteiger partial charge in [-0.25, -0.2) is 0 Å². The van der Waals surface area contributed by atoms with Crippen molar-refractivity contribution in [3.05, 3.63) is 36.4 Å². The molecule has 0 spiro atoms. The summed E-state index contributed by atoms with van der Waals surface area (Å²) in [7, 11) is 0. The molecule has 0 amide bonds. The molecule has 3 heteroatoms. The van der Waals surface area contributed by atoms with Gasteiger partial charge in [-0.15, -0.1) is 18.3 Å². The van der Waals surface area contributed by atoms with E-state index in [0.29, 0.717) is 6.54 Å². The van der Waals surface area contributed by atoms with E-state index >= 15 is 0 Å². The molecule has 1 rings (SSSR count). The minimum atomic E-state index is 0.676. The number of anilines is 1. The summed E-state index contributed by atoms with van der Waals surface area (Å²) in [6.07, 6.45) is 1.78. The first-order valence-corrected chi connectivity index (χ1v) is 5.82. The van der Waals surface area contributed by atoms with Crippen molar-refractivity contribution >= 4 is 17.4 Å². The summed E-state index contributed by atoms with van der Waals surface area (Å²) in [4.78, 5) is 1.04. The zero-order valence-electron chi connectivity index (χ0n) is 8.79. The molecule has 0 atom stereocenters. The Bertz CT molecular complexity index is 380. The molecule has 0 fully saturated rings. The van der Waals surface area contributed by atoms with Crippen molar-refractivity contribution in [2.75, 3.05) is 17.6 Å². The molecule has 0 unspecified atom stereocenters. The van der Waals surface area contributed by atoms with Gasteiger partial charge in [-0.1, -0.05) is 19.1 Å². The lowest BCUT2D eigenvalue weighted by atomic mass is 10.2. The zero-order valence-corrected chi connectivity index (χ0v) is 9.60. The van der Waals surface area contributed by atoms with E-state index < -0.39 is 0 Å². The standard InChI is InChI=1S/C12H14N2S/c1-3-8-14-11-6-5-7-12(15-4-2)10(11)9-13/h3,5-7,14H,1,4,8H2,2H3. The Hall–Kier alpha value is -1.40. The van der Waals surface area contributed by atoms with Crippen LogP contribution < -0.4 is 5.32 Å². The Kier molecular flexibility index (Phi) is 4.79. The predicted molar refractivity (Wildman–Crippen MR) is 66.2 cm³/mol. The van der Waals surface area contributed by atoms with Crippen LogP contribution in [-0.2, 0) is 0 Å². The number of benzene rings is 1. The minimum absolute atomic E-state index is 0.676. The van der Waals surface area contributed by atoms with Crippen molar-refractivity contribution in [3.8, 4) is 6.07 Å². The molecule has 0 saturated heterocycles. The summed E-state index contributed by atoms with van der Waals surface area (Å²) < 4.78 is 0. The molecule has 0 radical (unpaired) electrons. The second-order valence-electron chi connectivity index (χ2n) is 2.89. The van der Waals surface area contributed by atoms with Crippen LogP contribution in [0.4, 0.5) is 5.69 Å². The van der Waals surface area contributed by atoms with Gasteiger partial charge in [0.05, 0.1) is 11.3 Å². The lowest BCUT2D eigenvalue weighted by molar-refractivity contribution is 1.28. The van der Waals surface area contributed by atoms with Crippen LogP contribution in [0.25, 0.3) is 0 Å². The lowest BCUT2D eigenvalue weighted by Gasteiger charge is -2.09. The molecule has 0 bridgehead atoms. The number of rotatable bonds is 5. The molecule has 0 aliphatic rings. The fourth-order valence-electron chi connectivity index (χ4n) is 1.25. The molecule has 1 aromatic carbocycles. The fraction of sp³-hybridized carbons (Fsp3) is 0.250. The van der Waals surface area contributed by atoms with Crippen molar-refractivity contribution < 1.29 is 0 Å². The Morgan fingerprint density at radius 3 is 3.00 bits per heavy atom. The number of nitrogens with one attached hydrogen (secondary N) is 1. The van der Waals surface area contributed by atoms with E-state index in [9.17, 15) is 0 Å². The molecule has 0 saturated carbocycles. The van der Waals surface area contributed by atoms with Crippen molar-refractivity contribution in [2.45, 2.75) is 11.8 Å². The maximum absolute atomic E-state index is 9.10. The van der Waals surface area contributed by atoms with Gasteiger partial charge in [-0.05, 0) is 17.9 Å². The number of hydrogen-bond acceptors (Lipinski definition) is 3. The fourth-order valence-corrected chi connectivity index (χ4v) is 2.04. The van der Waals surface area contributed by atoms with Gasteiger partial charge in [0.1, 0.15) is 6.07 Å². The maximum Gasteiger partial charge on any atom is 0.102 e. The van der Waals surface area contributed by atoms with E-state index in [1.807, 2.05) is 18.2 Å². The molecule has 0 aromatic heterocycles. The first-order chi connectivity index (χ1) is 7.33. The average Bonchev–Trinajstić information content (AvgIpc) is 2.27. The highest BCUT2D eigenvalue weighted by Gasteiger charge is 2.06. The molecule has 2 nitrogen and oxygen atoms in total. The van der Waals surface area contributed by atoms with Crippen LogP contribution in [0.2, 0.25) is 0 Å². The van der Waals surface area contributed by atoms with Crippen molar-refractivity contribution in [1.82, 2.24) is 0 Å². The zero-order chi connectivity index (χ0) is 11.1. The normalized spacial score (nSPS) is 9.33. The number of hydrogen-bond donors (Lipinski definition) is 1. The van der Waals surface area contributed by atoms with Crippen LogP contribution in [0.3, 0.4) is 0 Å². The maximum atomic E-state index is 9.10. The highest BCUT2D eigenvalue weighted by molar-refractivity contribution is 7.99. The van der Waals surface area contributed by atoms with E-state index in [0.717, 1.165) is 21.9 Å². The van der Waals surface area contributed by atoms with Gasteiger partial charge in [-0.3, -0.25) is 0 Å². The van der Waals surface area contributed by atoms with Crippen molar-refractivity contribution in [3.63, 3.8) is 0 Å². The van der Waals surface area contributed by atoms with Gasteiger partial charge in [0, 0.05) is 11.4 Å². The van der Waals surface area contributed by atoms with E-state index in [1.54, 1.807) is 17.8 Å². The van der Waals surface area contributed by atoms with Crippen LogP contribution >= 0.6 is 11.8 Å². The molecule has 0 aliphatic heterocycles. The third-order valence-corrected chi connectivity index (χ3v) is 2.81. The molecule has 15 heavy (non-hydrogen) atoms. The second kappa shape index (κ2) is 6.15. The summed E-state index contributed by atoms with van der Waals surface area (Å²) in [5.74, 6) is 0.972. The molecule has 78 valence electrons. The molecule has 0 aliphatic carbocycles. The SMILES string of the molecule is C=CCNc1cccc(SCC)c1C#N. The van der Waals surface area contributed by atoms with Crippen molar-refractivity contribution in [1.29, 1.82) is 5.26 Å². The lowest BCUT2D eigenvalue weighted by Crippen LogP contribution is -2.00. The van der Waals surface area contributed by atoms with E-state index in [4.69, 9.17) is 5.26 Å². The summed E-state index contributed by atoms with van der Waals surface area (Å²) in [6, 6.07) is 8.10. The van der Waals surface area contributed by atoms with Crippen LogP contribution in [0.5, 0.6) is 0 Å². The minimum Gasteiger partial charge on any atom is -0.380 e. The summed E-state index contributed by atoms with van der Waals surface area (Å²) in [5, 5.41) is 12.3. The average molecular weight is 218 g/mol. The van der Waals surface area contributed by atoms with Crippen molar-refractivity contribution in [2.24, 2.45) is 0 Å². The Morgan fingerprint density at radius 1 is 1.60 bits per heavy atom. The van der Waals surface area contributed by atoms with Gasteiger partial charge in [-0.2, -0.15) is 5.26 Å². The highest BCUT2D eigenvalue weighted by Crippen LogP contribution is 2.27. The largest absolute Gasteiger partial charge is 0.380 e. The third kappa shape index (κ3) is 3.03. The van der Waals surface area contributed by atoms with Crippen LogP contribution in [-0.4, -0.2) is 12.3 Å². The summed E-state index contributed by atoms with van der Waals surface area (Å²) in [5.41, 5.74) is 1.61. The molecule has 1 aromatic rings. The monoisotopic (exact) mass is 218 g/mol. The summed E-state index contributed by atoms with van der Waals surface area (Å²) in [6.45, 7) is 6.39. The predicted octanol–water partition coefficient (Wildman–Crippen LogP) is 3.27. The molecule has 1 N–H and O–H groups in total. The number of nitrogens with zero attached hydrogens (tertiary/aromatic N) is 1. The Morgan fingerprint density at radius 2 is 2.40 bits per heavy atom. The third-order valence-electron chi connectivity index (χ3n) is 1.87. The molecule has 0 heterocycles. The van der Waals surface area contributed by atoms with Gasteiger partial charge < -0.3 is 5.32 Å². The number of nitriles is 1. The van der Waals surface area contributed by atoms with E-state index in [1.165, 1.54) is 0 Å².